The number of methoxy groups -OCH3 is 1. The van der Waals surface area contributed by atoms with Gasteiger partial charge in [0.05, 0.1) is 19.1 Å². The van der Waals surface area contributed by atoms with Crippen molar-refractivity contribution in [1.29, 1.82) is 0 Å². The molecule has 2 heterocycles. The second-order valence-electron chi connectivity index (χ2n) is 5.97. The van der Waals surface area contributed by atoms with E-state index >= 15 is 0 Å². The van der Waals surface area contributed by atoms with Gasteiger partial charge in [0.1, 0.15) is 5.75 Å². The molecule has 1 aromatic rings. The van der Waals surface area contributed by atoms with E-state index < -0.39 is 5.41 Å². The predicted octanol–water partition coefficient (Wildman–Crippen LogP) is 2.37. The fraction of sp³-hybridized carbons (Fsp3) is 0.588. The van der Waals surface area contributed by atoms with Crippen molar-refractivity contribution in [3.63, 3.8) is 0 Å². The zero-order chi connectivity index (χ0) is 14.7. The second-order valence-corrected chi connectivity index (χ2v) is 5.97. The summed E-state index contributed by atoms with van der Waals surface area (Å²) in [6, 6.07) is 7.90. The summed E-state index contributed by atoms with van der Waals surface area (Å²) in [6.45, 7) is 3.02. The van der Waals surface area contributed by atoms with Gasteiger partial charge in [-0.05, 0) is 43.4 Å². The molecule has 2 saturated heterocycles. The summed E-state index contributed by atoms with van der Waals surface area (Å²) in [5.74, 6) is 1.06. The molecule has 1 aromatic carbocycles. The van der Waals surface area contributed by atoms with Crippen LogP contribution in [0, 0.1) is 0 Å². The van der Waals surface area contributed by atoms with Gasteiger partial charge in [-0.2, -0.15) is 0 Å². The van der Waals surface area contributed by atoms with E-state index in [1.54, 1.807) is 7.11 Å². The highest BCUT2D eigenvalue weighted by Crippen LogP contribution is 2.36. The van der Waals surface area contributed by atoms with Crippen LogP contribution in [-0.4, -0.2) is 44.2 Å². The Morgan fingerprint density at radius 3 is 2.48 bits per heavy atom. The molecule has 4 nitrogen and oxygen atoms in total. The fourth-order valence-corrected chi connectivity index (χ4v) is 3.45. The van der Waals surface area contributed by atoms with E-state index in [-0.39, 0.29) is 5.91 Å². The van der Waals surface area contributed by atoms with Gasteiger partial charge in [-0.3, -0.25) is 4.79 Å². The number of ether oxygens (including phenoxy) is 2. The maximum absolute atomic E-state index is 13.1. The number of benzene rings is 1. The molecule has 0 aliphatic carbocycles. The first-order valence-electron chi connectivity index (χ1n) is 7.78. The number of hydrogen-bond donors (Lipinski definition) is 0. The maximum atomic E-state index is 13.1. The first kappa shape index (κ1) is 14.4. The van der Waals surface area contributed by atoms with E-state index in [0.717, 1.165) is 56.7 Å². The fourth-order valence-electron chi connectivity index (χ4n) is 3.45. The Morgan fingerprint density at radius 1 is 1.19 bits per heavy atom. The highest BCUT2D eigenvalue weighted by atomic mass is 16.5. The van der Waals surface area contributed by atoms with Crippen LogP contribution in [0.4, 0.5) is 0 Å². The van der Waals surface area contributed by atoms with Gasteiger partial charge in [-0.1, -0.05) is 12.1 Å². The molecule has 0 saturated carbocycles. The summed E-state index contributed by atoms with van der Waals surface area (Å²) < 4.78 is 10.9. The molecule has 2 fully saturated rings. The van der Waals surface area contributed by atoms with Gasteiger partial charge in [0, 0.05) is 19.7 Å². The van der Waals surface area contributed by atoms with E-state index in [1.165, 1.54) is 0 Å². The van der Waals surface area contributed by atoms with Crippen molar-refractivity contribution >= 4 is 5.91 Å². The molecule has 1 unspecified atom stereocenters. The van der Waals surface area contributed by atoms with Crippen LogP contribution in [0.25, 0.3) is 0 Å². The molecule has 0 aromatic heterocycles. The number of rotatable bonds is 3. The maximum Gasteiger partial charge on any atom is 0.235 e. The van der Waals surface area contributed by atoms with Gasteiger partial charge in [0.15, 0.2) is 0 Å². The first-order valence-corrected chi connectivity index (χ1v) is 7.78. The molecule has 1 amide bonds. The van der Waals surface area contributed by atoms with E-state index in [4.69, 9.17) is 9.47 Å². The Labute approximate surface area is 126 Å². The Kier molecular flexibility index (Phi) is 4.15. The van der Waals surface area contributed by atoms with Gasteiger partial charge in [-0.25, -0.2) is 0 Å². The van der Waals surface area contributed by atoms with Crippen LogP contribution in [0.15, 0.2) is 24.3 Å². The summed E-state index contributed by atoms with van der Waals surface area (Å²) in [6.07, 6.45) is 4.04. The van der Waals surface area contributed by atoms with E-state index in [2.05, 4.69) is 0 Å². The molecule has 0 N–H and O–H groups in total. The third kappa shape index (κ3) is 2.64. The topological polar surface area (TPSA) is 38.8 Å². The summed E-state index contributed by atoms with van der Waals surface area (Å²) >= 11 is 0. The standard InChI is InChI=1S/C17H23NO3/c1-20-15-7-5-14(6-8-15)17(9-4-12-21-13-17)16(19)18-10-2-3-11-18/h5-8H,2-4,9-13H2,1H3. The minimum absolute atomic E-state index is 0.241. The zero-order valence-electron chi connectivity index (χ0n) is 12.6. The minimum atomic E-state index is -0.505. The quantitative estimate of drug-likeness (QED) is 0.857. The summed E-state index contributed by atoms with van der Waals surface area (Å²) in [5, 5.41) is 0. The summed E-state index contributed by atoms with van der Waals surface area (Å²) in [7, 11) is 1.66. The van der Waals surface area contributed by atoms with Crippen LogP contribution in [0.3, 0.4) is 0 Å². The molecule has 2 aliphatic heterocycles. The molecular formula is C17H23NO3. The molecular weight excluding hydrogens is 266 g/mol. The van der Waals surface area contributed by atoms with Crippen molar-refractivity contribution in [3.8, 4) is 5.75 Å². The van der Waals surface area contributed by atoms with Crippen LogP contribution < -0.4 is 4.74 Å². The number of carbonyl (C=O) groups is 1. The number of amides is 1. The molecule has 4 heteroatoms. The lowest BCUT2D eigenvalue weighted by molar-refractivity contribution is -0.141. The van der Waals surface area contributed by atoms with E-state index in [0.29, 0.717) is 6.61 Å². The van der Waals surface area contributed by atoms with Gasteiger partial charge in [0.2, 0.25) is 5.91 Å². The van der Waals surface area contributed by atoms with Crippen molar-refractivity contribution in [3.05, 3.63) is 29.8 Å². The van der Waals surface area contributed by atoms with Crippen molar-refractivity contribution in [2.45, 2.75) is 31.1 Å². The molecule has 0 bridgehead atoms. The largest absolute Gasteiger partial charge is 0.497 e. The highest BCUT2D eigenvalue weighted by Gasteiger charge is 2.44. The average Bonchev–Trinajstić information content (AvgIpc) is 3.09. The lowest BCUT2D eigenvalue weighted by Gasteiger charge is -2.39. The molecule has 2 aliphatic rings. The van der Waals surface area contributed by atoms with Crippen molar-refractivity contribution in [2.75, 3.05) is 33.4 Å². The normalized spacial score (nSPS) is 25.9. The third-order valence-electron chi connectivity index (χ3n) is 4.69. The van der Waals surface area contributed by atoms with Gasteiger partial charge >= 0.3 is 0 Å². The van der Waals surface area contributed by atoms with Crippen molar-refractivity contribution < 1.29 is 14.3 Å². The van der Waals surface area contributed by atoms with Crippen molar-refractivity contribution in [2.24, 2.45) is 0 Å². The SMILES string of the molecule is COc1ccc(C2(C(=O)N3CCCC3)CCCOC2)cc1. The van der Waals surface area contributed by atoms with Gasteiger partial charge in [0.25, 0.3) is 0 Å². The van der Waals surface area contributed by atoms with E-state index in [9.17, 15) is 4.79 Å². The Hall–Kier alpha value is -1.55. The molecule has 1 atom stereocenters. The molecule has 0 radical (unpaired) electrons. The summed E-state index contributed by atoms with van der Waals surface area (Å²) in [4.78, 5) is 15.1. The van der Waals surface area contributed by atoms with Crippen LogP contribution in [0.5, 0.6) is 5.75 Å². The number of hydrogen-bond acceptors (Lipinski definition) is 3. The van der Waals surface area contributed by atoms with Gasteiger partial charge < -0.3 is 14.4 Å². The third-order valence-corrected chi connectivity index (χ3v) is 4.69. The first-order chi connectivity index (χ1) is 10.3. The number of nitrogens with zero attached hydrogens (tertiary/aromatic N) is 1. The van der Waals surface area contributed by atoms with Crippen LogP contribution >= 0.6 is 0 Å². The summed E-state index contributed by atoms with van der Waals surface area (Å²) in [5.41, 5.74) is 0.550. The van der Waals surface area contributed by atoms with E-state index in [1.807, 2.05) is 29.2 Å². The monoisotopic (exact) mass is 289 g/mol. The molecule has 21 heavy (non-hydrogen) atoms. The second kappa shape index (κ2) is 6.06. The lowest BCUT2D eigenvalue weighted by Crippen LogP contribution is -2.50. The minimum Gasteiger partial charge on any atom is -0.497 e. The van der Waals surface area contributed by atoms with Crippen LogP contribution in [-0.2, 0) is 14.9 Å². The highest BCUT2D eigenvalue weighted by molar-refractivity contribution is 5.89. The van der Waals surface area contributed by atoms with Crippen LogP contribution in [0.2, 0.25) is 0 Å². The Balaban J connectivity index is 1.93. The molecule has 3 rings (SSSR count). The lowest BCUT2D eigenvalue weighted by atomic mass is 9.75. The Morgan fingerprint density at radius 2 is 1.90 bits per heavy atom. The Bertz CT molecular complexity index is 485. The van der Waals surface area contributed by atoms with Gasteiger partial charge in [-0.15, -0.1) is 0 Å². The van der Waals surface area contributed by atoms with Crippen molar-refractivity contribution in [1.82, 2.24) is 4.90 Å². The number of likely N-dealkylation sites (tertiary alicyclic amines) is 1. The predicted molar refractivity (Wildman–Crippen MR) is 80.5 cm³/mol. The average molecular weight is 289 g/mol. The molecule has 0 spiro atoms. The zero-order valence-corrected chi connectivity index (χ0v) is 12.6. The molecule has 114 valence electrons. The van der Waals surface area contributed by atoms with Crippen LogP contribution in [0.1, 0.15) is 31.2 Å². The number of carbonyl (C=O) groups excluding carboxylic acids is 1. The smallest absolute Gasteiger partial charge is 0.235 e.